The van der Waals surface area contributed by atoms with Gasteiger partial charge in [0.15, 0.2) is 0 Å². The molecule has 0 saturated heterocycles. The molecule has 0 aliphatic heterocycles. The summed E-state index contributed by atoms with van der Waals surface area (Å²) in [6.07, 6.45) is 1.73. The molecule has 0 aliphatic rings. The maximum absolute atomic E-state index is 9.26. The first-order chi connectivity index (χ1) is 9.06. The summed E-state index contributed by atoms with van der Waals surface area (Å²) < 4.78 is 0. The van der Waals surface area contributed by atoms with Gasteiger partial charge in [-0.3, -0.25) is 0 Å². The fraction of sp³-hybridized carbons (Fsp3) is 0.400. The Hall–Kier alpha value is -1.83. The first-order valence-electron chi connectivity index (χ1n) is 6.21. The summed E-state index contributed by atoms with van der Waals surface area (Å²) in [5.74, 6) is 0. The van der Waals surface area contributed by atoms with Crippen molar-refractivity contribution >= 4 is 5.69 Å². The van der Waals surface area contributed by atoms with Gasteiger partial charge >= 0.3 is 0 Å². The molecule has 0 aromatic heterocycles. The fourth-order valence-electron chi connectivity index (χ4n) is 1.64. The Morgan fingerprint density at radius 2 is 2.00 bits per heavy atom. The number of anilines is 1. The molecule has 0 spiro atoms. The van der Waals surface area contributed by atoms with E-state index in [1.54, 1.807) is 6.08 Å². The van der Waals surface area contributed by atoms with Crippen LogP contribution < -0.4 is 4.90 Å². The predicted molar refractivity (Wildman–Crippen MR) is 75.9 cm³/mol. The minimum absolute atomic E-state index is 0.285. The van der Waals surface area contributed by atoms with Crippen LogP contribution in [0.1, 0.15) is 12.0 Å². The van der Waals surface area contributed by atoms with Crippen molar-refractivity contribution in [1.82, 2.24) is 0 Å². The van der Waals surface area contributed by atoms with Gasteiger partial charge in [0.2, 0.25) is 0 Å². The van der Waals surface area contributed by atoms with Crippen molar-refractivity contribution < 1.29 is 10.2 Å². The molecule has 0 aliphatic carbocycles. The molecule has 1 unspecified atom stereocenters. The number of benzene rings is 1. The highest BCUT2D eigenvalue weighted by molar-refractivity contribution is 5.47. The van der Waals surface area contributed by atoms with Gasteiger partial charge in [-0.15, -0.1) is 0 Å². The normalized spacial score (nSPS) is 12.9. The second kappa shape index (κ2) is 7.57. The molecule has 1 aromatic carbocycles. The summed E-state index contributed by atoms with van der Waals surface area (Å²) in [4.78, 5) is 2.02. The smallest absolute Gasteiger partial charge is 0.0947 e. The zero-order valence-electron chi connectivity index (χ0n) is 11.4. The van der Waals surface area contributed by atoms with E-state index >= 15 is 0 Å². The highest BCUT2D eigenvalue weighted by atomic mass is 16.3. The van der Waals surface area contributed by atoms with Gasteiger partial charge in [0, 0.05) is 31.8 Å². The quantitative estimate of drug-likeness (QED) is 0.760. The van der Waals surface area contributed by atoms with Crippen molar-refractivity contribution in [3.05, 3.63) is 41.5 Å². The third-order valence-electron chi connectivity index (χ3n) is 2.84. The minimum Gasteiger partial charge on any atom is -0.394 e. The van der Waals surface area contributed by atoms with Gasteiger partial charge < -0.3 is 15.1 Å². The van der Waals surface area contributed by atoms with E-state index in [4.69, 9.17) is 10.4 Å². The van der Waals surface area contributed by atoms with E-state index in [2.05, 4.69) is 6.07 Å². The minimum atomic E-state index is -0.792. The standard InChI is InChI=1S/C15H20N2O2/c1-17(2)14-6-3-12(4-7-14)9-13(10-16)5-8-15(19)11-18/h3-7,15,18-19H,8-9,11H2,1-2H3/b13-5+. The van der Waals surface area contributed by atoms with Gasteiger partial charge in [-0.1, -0.05) is 18.2 Å². The van der Waals surface area contributed by atoms with E-state index in [9.17, 15) is 5.11 Å². The van der Waals surface area contributed by atoms with E-state index in [1.807, 2.05) is 43.3 Å². The molecule has 0 saturated carbocycles. The number of nitrogens with zero attached hydrogens (tertiary/aromatic N) is 2. The van der Waals surface area contributed by atoms with Crippen molar-refractivity contribution in [3.8, 4) is 6.07 Å². The average molecular weight is 260 g/mol. The maximum atomic E-state index is 9.26. The van der Waals surface area contributed by atoms with Crippen LogP contribution in [0.25, 0.3) is 0 Å². The second-order valence-corrected chi connectivity index (χ2v) is 4.65. The highest BCUT2D eigenvalue weighted by Gasteiger charge is 2.03. The largest absolute Gasteiger partial charge is 0.394 e. The Balaban J connectivity index is 2.68. The SMILES string of the molecule is CN(C)c1ccc(C/C(C#N)=C\CC(O)CO)cc1. The zero-order valence-corrected chi connectivity index (χ0v) is 11.4. The van der Waals surface area contributed by atoms with Crippen molar-refractivity contribution in [3.63, 3.8) is 0 Å². The number of aliphatic hydroxyl groups is 2. The third-order valence-corrected chi connectivity index (χ3v) is 2.84. The summed E-state index contributed by atoms with van der Waals surface area (Å²) in [6.45, 7) is -0.285. The first-order valence-corrected chi connectivity index (χ1v) is 6.21. The van der Waals surface area contributed by atoms with Crippen molar-refractivity contribution in [2.75, 3.05) is 25.6 Å². The third kappa shape index (κ3) is 5.12. The van der Waals surface area contributed by atoms with Crippen LogP contribution in [0.5, 0.6) is 0 Å². The van der Waals surface area contributed by atoms with Crippen LogP contribution in [0.4, 0.5) is 5.69 Å². The number of aliphatic hydroxyl groups excluding tert-OH is 2. The van der Waals surface area contributed by atoms with E-state index in [-0.39, 0.29) is 6.61 Å². The topological polar surface area (TPSA) is 67.5 Å². The number of allylic oxidation sites excluding steroid dienone is 1. The lowest BCUT2D eigenvalue weighted by Gasteiger charge is -2.12. The number of hydrogen-bond donors (Lipinski definition) is 2. The number of nitriles is 1. The maximum Gasteiger partial charge on any atom is 0.0947 e. The van der Waals surface area contributed by atoms with E-state index < -0.39 is 6.10 Å². The molecule has 19 heavy (non-hydrogen) atoms. The summed E-state index contributed by atoms with van der Waals surface area (Å²) in [6, 6.07) is 10.1. The van der Waals surface area contributed by atoms with Crippen LogP contribution in [0.3, 0.4) is 0 Å². The molecular formula is C15H20N2O2. The van der Waals surface area contributed by atoms with Gasteiger partial charge in [0.05, 0.1) is 18.8 Å². The van der Waals surface area contributed by atoms with E-state index in [0.717, 1.165) is 11.3 Å². The Kier molecular flexibility index (Phi) is 6.07. The Morgan fingerprint density at radius 1 is 1.37 bits per heavy atom. The van der Waals surface area contributed by atoms with Crippen LogP contribution in [0.15, 0.2) is 35.9 Å². The molecule has 0 fully saturated rings. The zero-order chi connectivity index (χ0) is 14.3. The van der Waals surface area contributed by atoms with Crippen LogP contribution in [0, 0.1) is 11.3 Å². The Morgan fingerprint density at radius 3 is 2.47 bits per heavy atom. The van der Waals surface area contributed by atoms with E-state index in [0.29, 0.717) is 18.4 Å². The van der Waals surface area contributed by atoms with Crippen molar-refractivity contribution in [1.29, 1.82) is 5.26 Å². The second-order valence-electron chi connectivity index (χ2n) is 4.65. The van der Waals surface area contributed by atoms with Crippen LogP contribution in [-0.4, -0.2) is 37.0 Å². The molecule has 4 heteroatoms. The molecule has 2 N–H and O–H groups in total. The molecule has 0 radical (unpaired) electrons. The summed E-state index contributed by atoms with van der Waals surface area (Å²) in [7, 11) is 3.96. The van der Waals surface area contributed by atoms with Gasteiger partial charge in [-0.25, -0.2) is 0 Å². The van der Waals surface area contributed by atoms with Gasteiger partial charge in [0.25, 0.3) is 0 Å². The first kappa shape index (κ1) is 15.2. The molecule has 0 heterocycles. The molecule has 1 rings (SSSR count). The van der Waals surface area contributed by atoms with E-state index in [1.165, 1.54) is 0 Å². The molecule has 0 bridgehead atoms. The lowest BCUT2D eigenvalue weighted by molar-refractivity contribution is 0.0975. The predicted octanol–water partition coefficient (Wildman–Crippen LogP) is 1.49. The average Bonchev–Trinajstić information content (AvgIpc) is 2.43. The van der Waals surface area contributed by atoms with Crippen LogP contribution >= 0.6 is 0 Å². The lowest BCUT2D eigenvalue weighted by Crippen LogP contribution is -2.10. The summed E-state index contributed by atoms with van der Waals surface area (Å²) >= 11 is 0. The fourth-order valence-corrected chi connectivity index (χ4v) is 1.64. The van der Waals surface area contributed by atoms with Gasteiger partial charge in [-0.2, -0.15) is 5.26 Å². The molecule has 1 aromatic rings. The molecule has 4 nitrogen and oxygen atoms in total. The van der Waals surface area contributed by atoms with Gasteiger partial charge in [0.1, 0.15) is 0 Å². The molecular weight excluding hydrogens is 240 g/mol. The van der Waals surface area contributed by atoms with Crippen molar-refractivity contribution in [2.24, 2.45) is 0 Å². The van der Waals surface area contributed by atoms with Crippen LogP contribution in [-0.2, 0) is 6.42 Å². The molecule has 0 amide bonds. The summed E-state index contributed by atoms with van der Waals surface area (Å²) in [5.41, 5.74) is 2.77. The van der Waals surface area contributed by atoms with Crippen LogP contribution in [0.2, 0.25) is 0 Å². The summed E-state index contributed by atoms with van der Waals surface area (Å²) in [5, 5.41) is 27.0. The Bertz CT molecular complexity index is 458. The highest BCUT2D eigenvalue weighted by Crippen LogP contribution is 2.15. The monoisotopic (exact) mass is 260 g/mol. The lowest BCUT2D eigenvalue weighted by atomic mass is 10.0. The number of rotatable bonds is 6. The van der Waals surface area contributed by atoms with Gasteiger partial charge in [-0.05, 0) is 24.1 Å². The molecule has 1 atom stereocenters. The van der Waals surface area contributed by atoms with Crippen molar-refractivity contribution in [2.45, 2.75) is 18.9 Å². The number of hydrogen-bond acceptors (Lipinski definition) is 4. The Labute approximate surface area is 114 Å². The molecule has 102 valence electrons.